The van der Waals surface area contributed by atoms with Gasteiger partial charge < -0.3 is 59.4 Å². The van der Waals surface area contributed by atoms with Gasteiger partial charge in [0.05, 0.1) is 35.8 Å². The van der Waals surface area contributed by atoms with E-state index in [-0.39, 0.29) is 31.1 Å². The van der Waals surface area contributed by atoms with E-state index in [1.165, 1.54) is 0 Å². The van der Waals surface area contributed by atoms with Crippen molar-refractivity contribution >= 4 is 35.8 Å². The van der Waals surface area contributed by atoms with Gasteiger partial charge in [0, 0.05) is 0 Å². The second-order valence-corrected chi connectivity index (χ2v) is 3.14. The number of aliphatic carboxylic acids is 6. The van der Waals surface area contributed by atoms with E-state index < -0.39 is 35.8 Å². The Morgan fingerprint density at radius 2 is 0.387 bits per heavy atom. The summed E-state index contributed by atoms with van der Waals surface area (Å²) in [5, 5.41) is 54.8. The van der Waals surface area contributed by atoms with Crippen LogP contribution < -0.4 is 30.6 Å². The molecule has 0 radical (unpaired) electrons. The van der Waals surface area contributed by atoms with Gasteiger partial charge in [0.1, 0.15) is 0 Å². The second kappa shape index (κ2) is 40.9. The number of carboxylic acid groups (broad SMARTS) is 6. The standard InChI is InChI=1S/6C3H4O2.U/c6*1-2-3(4)5;/h6*2H,1H2,(H,4,5);/q;;;;;;+6/p-6. The van der Waals surface area contributed by atoms with E-state index in [4.69, 9.17) is 59.4 Å². The second-order valence-electron chi connectivity index (χ2n) is 3.14. The first-order valence-corrected chi connectivity index (χ1v) is 6.63. The molecular formula is C18H18O12U. The summed E-state index contributed by atoms with van der Waals surface area (Å²) in [5.41, 5.74) is 0. The molecule has 0 spiro atoms. The minimum absolute atomic E-state index is 0. The van der Waals surface area contributed by atoms with Crippen molar-refractivity contribution in [1.82, 2.24) is 0 Å². The molecule has 13 heteroatoms. The Morgan fingerprint density at radius 1 is 0.355 bits per heavy atom. The van der Waals surface area contributed by atoms with Crippen LogP contribution in [0.4, 0.5) is 0 Å². The molecule has 166 valence electrons. The number of carbonyl (C=O) groups is 6. The molecule has 0 aromatic heterocycles. The van der Waals surface area contributed by atoms with Crippen LogP contribution in [-0.4, -0.2) is 35.8 Å². The fourth-order valence-corrected chi connectivity index (χ4v) is 0. The van der Waals surface area contributed by atoms with Gasteiger partial charge in [0.15, 0.2) is 0 Å². The Balaban J connectivity index is -0.0000000443. The number of carboxylic acids is 6. The molecule has 31 heavy (non-hydrogen) atoms. The zero-order valence-corrected chi connectivity index (χ0v) is 20.3. The smallest absolute Gasteiger partial charge is 0.545 e. The van der Waals surface area contributed by atoms with Gasteiger partial charge in [0.2, 0.25) is 0 Å². The SMILES string of the molecule is C=CC(=O)[O-].C=CC(=O)[O-].C=CC(=O)[O-].C=CC(=O)[O-].C=CC(=O)[O-].C=CC(=O)[O-].[U+6]. The third-order valence-corrected chi connectivity index (χ3v) is 1.00. The quantitative estimate of drug-likeness (QED) is 0.241. The van der Waals surface area contributed by atoms with Crippen molar-refractivity contribution in [1.29, 1.82) is 0 Å². The molecule has 0 rings (SSSR count). The summed E-state index contributed by atoms with van der Waals surface area (Å²) in [6, 6.07) is 0. The Labute approximate surface area is 201 Å². The Bertz CT molecular complexity index is 481. The monoisotopic (exact) mass is 664 g/mol. The number of carbonyl (C=O) groups excluding carboxylic acids is 6. The molecule has 0 saturated heterocycles. The summed E-state index contributed by atoms with van der Waals surface area (Å²) < 4.78 is 0. The number of hydrogen-bond acceptors (Lipinski definition) is 12. The summed E-state index contributed by atoms with van der Waals surface area (Å²) in [5.74, 6) is -7.39. The van der Waals surface area contributed by atoms with E-state index in [1.807, 2.05) is 0 Å². The van der Waals surface area contributed by atoms with Crippen LogP contribution in [0.3, 0.4) is 0 Å². The maximum absolute atomic E-state index is 9.14. The van der Waals surface area contributed by atoms with E-state index in [0.29, 0.717) is 0 Å². The number of hydrogen-bond donors (Lipinski definition) is 0. The van der Waals surface area contributed by atoms with Gasteiger partial charge in [-0.25, -0.2) is 0 Å². The summed E-state index contributed by atoms with van der Waals surface area (Å²) in [7, 11) is 0. The van der Waals surface area contributed by atoms with Crippen molar-refractivity contribution in [3.8, 4) is 0 Å². The predicted molar refractivity (Wildman–Crippen MR) is 91.2 cm³/mol. The first-order chi connectivity index (χ1) is 13.6. The molecule has 0 aliphatic heterocycles. The summed E-state index contributed by atoms with van der Waals surface area (Å²) >= 11 is 0. The largest absolute Gasteiger partial charge is 6.00 e. The number of rotatable bonds is 6. The molecule has 0 aliphatic carbocycles. The third-order valence-electron chi connectivity index (χ3n) is 1.00. The Hall–Kier alpha value is -3.69. The van der Waals surface area contributed by atoms with E-state index in [2.05, 4.69) is 39.5 Å². The van der Waals surface area contributed by atoms with Gasteiger partial charge >= 0.3 is 31.1 Å². The zero-order chi connectivity index (χ0) is 25.7. The molecule has 0 aliphatic rings. The van der Waals surface area contributed by atoms with Crippen LogP contribution in [0.2, 0.25) is 0 Å². The first kappa shape index (κ1) is 45.8. The van der Waals surface area contributed by atoms with E-state index in [9.17, 15) is 0 Å². The average molecular weight is 664 g/mol. The maximum Gasteiger partial charge on any atom is 6.00 e. The molecule has 12 nitrogen and oxygen atoms in total. The van der Waals surface area contributed by atoms with Gasteiger partial charge in [-0.1, -0.05) is 39.5 Å². The van der Waals surface area contributed by atoms with Crippen LogP contribution in [0, 0.1) is 31.1 Å². The van der Waals surface area contributed by atoms with E-state index >= 15 is 0 Å². The third kappa shape index (κ3) is 225. The molecule has 0 N–H and O–H groups in total. The molecule has 0 amide bonds. The van der Waals surface area contributed by atoms with Crippen molar-refractivity contribution < 1.29 is 90.5 Å². The predicted octanol–water partition coefficient (Wildman–Crippen LogP) is -6.47. The van der Waals surface area contributed by atoms with Crippen LogP contribution in [0.5, 0.6) is 0 Å². The molecule has 0 heterocycles. The Kier molecular flexibility index (Phi) is 60.4. The molecule has 0 atom stereocenters. The Morgan fingerprint density at radius 3 is 0.387 bits per heavy atom. The van der Waals surface area contributed by atoms with Gasteiger partial charge in [0.25, 0.3) is 0 Å². The van der Waals surface area contributed by atoms with Crippen molar-refractivity contribution in [3.05, 3.63) is 75.9 Å². The first-order valence-electron chi connectivity index (χ1n) is 6.63. The van der Waals surface area contributed by atoms with Crippen LogP contribution in [0.15, 0.2) is 75.9 Å². The molecule has 0 aromatic rings. The van der Waals surface area contributed by atoms with E-state index in [0.717, 1.165) is 36.5 Å². The molecule has 0 unspecified atom stereocenters. The van der Waals surface area contributed by atoms with Crippen LogP contribution in [0.1, 0.15) is 0 Å². The topological polar surface area (TPSA) is 241 Å². The van der Waals surface area contributed by atoms with Crippen molar-refractivity contribution in [2.75, 3.05) is 0 Å². The van der Waals surface area contributed by atoms with Crippen LogP contribution in [-0.2, 0) is 28.8 Å². The van der Waals surface area contributed by atoms with E-state index in [1.54, 1.807) is 0 Å². The van der Waals surface area contributed by atoms with Crippen molar-refractivity contribution in [2.24, 2.45) is 0 Å². The molecule has 0 bridgehead atoms. The summed E-state index contributed by atoms with van der Waals surface area (Å²) in [6.45, 7) is 17.4. The maximum atomic E-state index is 9.14. The summed E-state index contributed by atoms with van der Waals surface area (Å²) in [4.78, 5) is 54.8. The molecular weight excluding hydrogens is 646 g/mol. The van der Waals surface area contributed by atoms with Gasteiger partial charge in [-0.05, 0) is 36.5 Å². The van der Waals surface area contributed by atoms with Gasteiger partial charge in [-0.15, -0.1) is 0 Å². The molecule has 0 aromatic carbocycles. The fraction of sp³-hybridized carbons (Fsp3) is 0. The van der Waals surface area contributed by atoms with Crippen molar-refractivity contribution in [2.45, 2.75) is 0 Å². The minimum Gasteiger partial charge on any atom is -0.545 e. The van der Waals surface area contributed by atoms with Crippen LogP contribution >= 0.6 is 0 Å². The minimum atomic E-state index is -1.23. The molecule has 0 fully saturated rings. The van der Waals surface area contributed by atoms with Gasteiger partial charge in [-0.3, -0.25) is 0 Å². The van der Waals surface area contributed by atoms with Crippen molar-refractivity contribution in [3.63, 3.8) is 0 Å². The molecule has 0 saturated carbocycles. The average Bonchev–Trinajstić information content (AvgIpc) is 2.69. The normalized spacial score (nSPS) is 6.19. The zero-order valence-electron chi connectivity index (χ0n) is 16.1. The summed E-state index contributed by atoms with van der Waals surface area (Å²) in [6.07, 6.45) is 4.33. The fourth-order valence-electron chi connectivity index (χ4n) is 0. The van der Waals surface area contributed by atoms with Crippen LogP contribution in [0.25, 0.3) is 0 Å². The van der Waals surface area contributed by atoms with Gasteiger partial charge in [-0.2, -0.15) is 0 Å².